The molecular formula is C31H35N7O4. The van der Waals surface area contributed by atoms with Crippen LogP contribution in [0.3, 0.4) is 0 Å². The third-order valence-corrected chi connectivity index (χ3v) is 7.04. The molecule has 4 heterocycles. The zero-order valence-corrected chi connectivity index (χ0v) is 24.3. The number of unbranched alkanes of at least 4 members (excludes halogenated alkanes) is 1. The molecule has 1 aliphatic rings. The Bertz CT molecular complexity index is 1590. The summed E-state index contributed by atoms with van der Waals surface area (Å²) in [5.74, 6) is 0.640. The van der Waals surface area contributed by atoms with Gasteiger partial charge in [-0.05, 0) is 30.9 Å². The number of hydrogen-bond donors (Lipinski definition) is 1. The van der Waals surface area contributed by atoms with Gasteiger partial charge in [0.05, 0.1) is 24.7 Å². The maximum atomic E-state index is 14.0. The quantitative estimate of drug-likeness (QED) is 0.270. The van der Waals surface area contributed by atoms with Crippen molar-refractivity contribution in [2.24, 2.45) is 5.92 Å². The zero-order valence-electron chi connectivity index (χ0n) is 24.3. The van der Waals surface area contributed by atoms with E-state index in [4.69, 9.17) is 14.2 Å². The molecule has 0 radical (unpaired) electrons. The highest BCUT2D eigenvalue weighted by molar-refractivity contribution is 6.06. The summed E-state index contributed by atoms with van der Waals surface area (Å²) in [5, 5.41) is 3.83. The van der Waals surface area contributed by atoms with E-state index in [-0.39, 0.29) is 18.0 Å². The van der Waals surface area contributed by atoms with E-state index in [0.29, 0.717) is 47.4 Å². The molecule has 0 bridgehead atoms. The van der Waals surface area contributed by atoms with E-state index in [0.717, 1.165) is 30.5 Å². The Kier molecular flexibility index (Phi) is 8.75. The number of H-pyrrole nitrogens is 1. The first-order chi connectivity index (χ1) is 20.4. The summed E-state index contributed by atoms with van der Waals surface area (Å²) < 4.78 is 10.2. The average molecular weight is 570 g/mol. The highest BCUT2D eigenvalue weighted by Crippen LogP contribution is 2.31. The molecule has 1 unspecified atom stereocenters. The average Bonchev–Trinajstić information content (AvgIpc) is 3.44. The van der Waals surface area contributed by atoms with Gasteiger partial charge in [0.2, 0.25) is 5.95 Å². The summed E-state index contributed by atoms with van der Waals surface area (Å²) in [6.07, 6.45) is 9.20. The zero-order chi connectivity index (χ0) is 29.6. The molecule has 4 aromatic rings. The fourth-order valence-electron chi connectivity index (χ4n) is 5.15. The van der Waals surface area contributed by atoms with Crippen LogP contribution in [0.2, 0.25) is 0 Å². The standard InChI is InChI=1S/C31H35N7O4/c1-5-7-14-37-19-22(29(39)38(28(37)20(3)4)30-33-17-23(18-34-30)41-6-2)15-21-12-13-26(32-16-21)24-10-8-9-11-25(24)27-35-31(40)42-36-27/h8-13,16-20,28H,5-7,14-15H2,1-4H3,(H,35,36,40). The number of carbonyl (C=O) groups excluding carboxylic acids is 1. The van der Waals surface area contributed by atoms with Crippen molar-refractivity contribution in [1.82, 2.24) is 30.0 Å². The number of pyridine rings is 1. The van der Waals surface area contributed by atoms with E-state index < -0.39 is 5.76 Å². The van der Waals surface area contributed by atoms with Crippen molar-refractivity contribution in [3.8, 4) is 28.4 Å². The normalized spacial score (nSPS) is 15.3. The maximum absolute atomic E-state index is 14.0. The molecule has 1 aliphatic heterocycles. The van der Waals surface area contributed by atoms with Gasteiger partial charge in [0.25, 0.3) is 5.91 Å². The molecule has 1 amide bonds. The Morgan fingerprint density at radius 1 is 1.00 bits per heavy atom. The van der Waals surface area contributed by atoms with Gasteiger partial charge in [-0.1, -0.05) is 62.7 Å². The minimum absolute atomic E-state index is 0.130. The second-order valence-electron chi connectivity index (χ2n) is 10.4. The minimum Gasteiger partial charge on any atom is -0.491 e. The highest BCUT2D eigenvalue weighted by atomic mass is 16.5. The van der Waals surface area contributed by atoms with Crippen LogP contribution < -0.4 is 15.4 Å². The lowest BCUT2D eigenvalue weighted by Gasteiger charge is -2.44. The molecule has 3 aromatic heterocycles. The third-order valence-electron chi connectivity index (χ3n) is 7.04. The second-order valence-corrected chi connectivity index (χ2v) is 10.4. The summed E-state index contributed by atoms with van der Waals surface area (Å²) in [4.78, 5) is 45.8. The number of amides is 1. The molecule has 5 rings (SSSR count). The lowest BCUT2D eigenvalue weighted by molar-refractivity contribution is -0.117. The Hall–Kier alpha value is -4.80. The van der Waals surface area contributed by atoms with Crippen LogP contribution in [0, 0.1) is 5.92 Å². The van der Waals surface area contributed by atoms with Crippen molar-refractivity contribution in [3.63, 3.8) is 0 Å². The molecule has 0 fully saturated rings. The van der Waals surface area contributed by atoms with Crippen LogP contribution in [0.4, 0.5) is 5.95 Å². The number of nitrogens with zero attached hydrogens (tertiary/aromatic N) is 6. The Morgan fingerprint density at radius 3 is 2.38 bits per heavy atom. The molecule has 1 atom stereocenters. The summed E-state index contributed by atoms with van der Waals surface area (Å²) >= 11 is 0. The van der Waals surface area contributed by atoms with Gasteiger partial charge in [-0.3, -0.25) is 24.2 Å². The molecule has 42 heavy (non-hydrogen) atoms. The third kappa shape index (κ3) is 6.09. The Morgan fingerprint density at radius 2 is 1.76 bits per heavy atom. The molecule has 11 heteroatoms. The number of aromatic nitrogens is 5. The summed E-state index contributed by atoms with van der Waals surface area (Å²) in [5.41, 5.74) is 3.72. The first-order valence-electron chi connectivity index (χ1n) is 14.2. The van der Waals surface area contributed by atoms with Crippen molar-refractivity contribution in [3.05, 3.63) is 82.9 Å². The Labute approximate surface area is 244 Å². The van der Waals surface area contributed by atoms with Crippen molar-refractivity contribution < 1.29 is 14.1 Å². The SMILES string of the molecule is CCCCN1C=C(Cc2ccc(-c3ccccc3-c3noc(=O)[nH]3)nc2)C(=O)N(c2ncc(OCC)cn2)C1C(C)C. The number of aromatic amines is 1. The van der Waals surface area contributed by atoms with E-state index in [1.807, 2.05) is 49.5 Å². The van der Waals surface area contributed by atoms with Gasteiger partial charge in [-0.15, -0.1) is 0 Å². The predicted molar refractivity (Wildman–Crippen MR) is 159 cm³/mol. The molecule has 1 aromatic carbocycles. The minimum atomic E-state index is -0.620. The van der Waals surface area contributed by atoms with E-state index in [9.17, 15) is 9.59 Å². The first-order valence-corrected chi connectivity index (χ1v) is 14.2. The van der Waals surface area contributed by atoms with Gasteiger partial charge in [0, 0.05) is 42.1 Å². The smallest absolute Gasteiger partial charge is 0.439 e. The van der Waals surface area contributed by atoms with Crippen LogP contribution in [-0.2, 0) is 11.2 Å². The second kappa shape index (κ2) is 12.8. The van der Waals surface area contributed by atoms with Gasteiger partial charge in [0.1, 0.15) is 6.17 Å². The van der Waals surface area contributed by atoms with Gasteiger partial charge >= 0.3 is 5.76 Å². The van der Waals surface area contributed by atoms with Crippen LogP contribution in [-0.4, -0.2) is 55.2 Å². The fourth-order valence-corrected chi connectivity index (χ4v) is 5.15. The summed E-state index contributed by atoms with van der Waals surface area (Å²) in [7, 11) is 0. The lowest BCUT2D eigenvalue weighted by atomic mass is 9.98. The molecule has 218 valence electrons. The monoisotopic (exact) mass is 569 g/mol. The summed E-state index contributed by atoms with van der Waals surface area (Å²) in [6.45, 7) is 9.58. The van der Waals surface area contributed by atoms with Crippen molar-refractivity contribution >= 4 is 11.9 Å². The molecule has 11 nitrogen and oxygen atoms in total. The molecule has 0 aliphatic carbocycles. The molecule has 0 spiro atoms. The molecule has 1 N–H and O–H groups in total. The van der Waals surface area contributed by atoms with Gasteiger partial charge in [0.15, 0.2) is 11.6 Å². The predicted octanol–water partition coefficient (Wildman–Crippen LogP) is 4.84. The lowest BCUT2D eigenvalue weighted by Crippen LogP contribution is -2.57. The molecule has 0 saturated heterocycles. The van der Waals surface area contributed by atoms with Crippen LogP contribution in [0.1, 0.15) is 46.1 Å². The van der Waals surface area contributed by atoms with Crippen LogP contribution in [0.25, 0.3) is 22.6 Å². The number of ether oxygens (including phenoxy) is 1. The van der Waals surface area contributed by atoms with E-state index in [1.165, 1.54) is 0 Å². The van der Waals surface area contributed by atoms with Gasteiger partial charge in [-0.25, -0.2) is 14.8 Å². The summed E-state index contributed by atoms with van der Waals surface area (Å²) in [6, 6.07) is 11.4. The first kappa shape index (κ1) is 28.7. The van der Waals surface area contributed by atoms with Crippen molar-refractivity contribution in [2.75, 3.05) is 18.1 Å². The number of rotatable bonds is 11. The fraction of sp³-hybridized carbons (Fsp3) is 0.355. The van der Waals surface area contributed by atoms with Crippen LogP contribution in [0.15, 0.2) is 76.1 Å². The van der Waals surface area contributed by atoms with Crippen molar-refractivity contribution in [2.45, 2.75) is 53.1 Å². The van der Waals surface area contributed by atoms with E-state index in [1.54, 1.807) is 23.5 Å². The molecule has 0 saturated carbocycles. The highest BCUT2D eigenvalue weighted by Gasteiger charge is 2.38. The number of nitrogens with one attached hydrogen (secondary N) is 1. The number of hydrogen-bond acceptors (Lipinski definition) is 9. The maximum Gasteiger partial charge on any atom is 0.439 e. The number of anilines is 1. The van der Waals surface area contributed by atoms with E-state index in [2.05, 4.69) is 45.8 Å². The molecular weight excluding hydrogens is 534 g/mol. The van der Waals surface area contributed by atoms with Crippen molar-refractivity contribution in [1.29, 1.82) is 0 Å². The van der Waals surface area contributed by atoms with Crippen LogP contribution >= 0.6 is 0 Å². The Balaban J connectivity index is 1.45. The van der Waals surface area contributed by atoms with Gasteiger partial charge < -0.3 is 9.64 Å². The van der Waals surface area contributed by atoms with Gasteiger partial charge in [-0.2, -0.15) is 0 Å². The number of carbonyl (C=O) groups is 1. The van der Waals surface area contributed by atoms with E-state index >= 15 is 0 Å². The largest absolute Gasteiger partial charge is 0.491 e. The topological polar surface area (TPSA) is 130 Å². The van der Waals surface area contributed by atoms with Crippen LogP contribution in [0.5, 0.6) is 5.75 Å². The number of benzene rings is 1.